The van der Waals surface area contributed by atoms with Gasteiger partial charge in [-0.25, -0.2) is 0 Å². The van der Waals surface area contributed by atoms with Crippen molar-refractivity contribution < 1.29 is 9.53 Å². The molecule has 0 aliphatic heterocycles. The zero-order chi connectivity index (χ0) is 13.0. The van der Waals surface area contributed by atoms with E-state index < -0.39 is 0 Å². The van der Waals surface area contributed by atoms with E-state index in [0.717, 1.165) is 0 Å². The molecule has 0 aliphatic carbocycles. The molecule has 0 saturated carbocycles. The van der Waals surface area contributed by atoms with Crippen molar-refractivity contribution in [3.8, 4) is 5.75 Å². The number of benzene rings is 1. The standard InChI is InChI=1S/C12H16N2O2S/c1-7(2)12(15)14-10-8(11(13)17)5-4-6-9(10)16-3/h4-7H,1-3H3,(H2,13,17)(H,14,15). The molecule has 1 amide bonds. The van der Waals surface area contributed by atoms with Crippen LogP contribution in [0.3, 0.4) is 0 Å². The van der Waals surface area contributed by atoms with Gasteiger partial charge in [-0.15, -0.1) is 0 Å². The van der Waals surface area contributed by atoms with Crippen LogP contribution >= 0.6 is 12.2 Å². The number of nitrogens with two attached hydrogens (primary N) is 1. The van der Waals surface area contributed by atoms with Crippen molar-refractivity contribution in [2.45, 2.75) is 13.8 Å². The fourth-order valence-electron chi connectivity index (χ4n) is 1.30. The van der Waals surface area contributed by atoms with Gasteiger partial charge in [-0.3, -0.25) is 4.79 Å². The molecule has 0 unspecified atom stereocenters. The molecule has 3 N–H and O–H groups in total. The van der Waals surface area contributed by atoms with Gasteiger partial charge in [0, 0.05) is 11.5 Å². The first kappa shape index (κ1) is 13.4. The second-order valence-corrected chi connectivity index (χ2v) is 4.33. The van der Waals surface area contributed by atoms with Gasteiger partial charge >= 0.3 is 0 Å². The molecule has 0 fully saturated rings. The Morgan fingerprint density at radius 2 is 2.12 bits per heavy atom. The first-order valence-electron chi connectivity index (χ1n) is 5.25. The minimum Gasteiger partial charge on any atom is -0.495 e. The van der Waals surface area contributed by atoms with Gasteiger partial charge in [0.2, 0.25) is 5.91 Å². The predicted molar refractivity (Wildman–Crippen MR) is 72.3 cm³/mol. The number of nitrogens with one attached hydrogen (secondary N) is 1. The molecule has 4 nitrogen and oxygen atoms in total. The predicted octanol–water partition coefficient (Wildman–Crippen LogP) is 1.92. The molecule has 5 heteroatoms. The van der Waals surface area contributed by atoms with Crippen LogP contribution in [-0.2, 0) is 4.79 Å². The Balaban J connectivity index is 3.18. The Morgan fingerprint density at radius 1 is 1.47 bits per heavy atom. The van der Waals surface area contributed by atoms with Crippen LogP contribution in [0.15, 0.2) is 18.2 Å². The van der Waals surface area contributed by atoms with Crippen LogP contribution in [0, 0.1) is 5.92 Å². The number of anilines is 1. The number of rotatable bonds is 4. The summed E-state index contributed by atoms with van der Waals surface area (Å²) in [5, 5.41) is 2.78. The zero-order valence-corrected chi connectivity index (χ0v) is 10.9. The Kier molecular flexibility index (Phi) is 4.45. The molecule has 0 bridgehead atoms. The lowest BCUT2D eigenvalue weighted by Crippen LogP contribution is -2.21. The zero-order valence-electron chi connectivity index (χ0n) is 10.1. The second-order valence-electron chi connectivity index (χ2n) is 3.89. The van der Waals surface area contributed by atoms with Gasteiger partial charge in [0.15, 0.2) is 0 Å². The highest BCUT2D eigenvalue weighted by atomic mass is 32.1. The average molecular weight is 252 g/mol. The van der Waals surface area contributed by atoms with Gasteiger partial charge in [0.1, 0.15) is 10.7 Å². The number of hydrogen-bond donors (Lipinski definition) is 2. The Bertz CT molecular complexity index is 444. The van der Waals surface area contributed by atoms with Crippen LogP contribution in [0.25, 0.3) is 0 Å². The molecule has 0 atom stereocenters. The molecule has 0 spiro atoms. The van der Waals surface area contributed by atoms with Gasteiger partial charge in [-0.2, -0.15) is 0 Å². The van der Waals surface area contributed by atoms with Crippen LogP contribution in [-0.4, -0.2) is 18.0 Å². The van der Waals surface area contributed by atoms with Crippen molar-refractivity contribution in [1.29, 1.82) is 0 Å². The van der Waals surface area contributed by atoms with E-state index in [0.29, 0.717) is 17.0 Å². The fraction of sp³-hybridized carbons (Fsp3) is 0.333. The van der Waals surface area contributed by atoms with Gasteiger partial charge in [-0.05, 0) is 12.1 Å². The number of thiocarbonyl (C=S) groups is 1. The van der Waals surface area contributed by atoms with Crippen LogP contribution in [0.2, 0.25) is 0 Å². The van der Waals surface area contributed by atoms with Crippen molar-refractivity contribution in [2.75, 3.05) is 12.4 Å². The summed E-state index contributed by atoms with van der Waals surface area (Å²) in [7, 11) is 1.53. The van der Waals surface area contributed by atoms with Crippen LogP contribution in [0.4, 0.5) is 5.69 Å². The van der Waals surface area contributed by atoms with Gasteiger partial charge in [0.25, 0.3) is 0 Å². The molecule has 1 aromatic carbocycles. The third kappa shape index (κ3) is 3.17. The highest BCUT2D eigenvalue weighted by molar-refractivity contribution is 7.80. The quantitative estimate of drug-likeness (QED) is 0.804. The van der Waals surface area contributed by atoms with E-state index in [9.17, 15) is 4.79 Å². The largest absolute Gasteiger partial charge is 0.495 e. The Morgan fingerprint density at radius 3 is 2.59 bits per heavy atom. The lowest BCUT2D eigenvalue weighted by atomic mass is 10.1. The van der Waals surface area contributed by atoms with E-state index >= 15 is 0 Å². The maximum Gasteiger partial charge on any atom is 0.227 e. The van der Waals surface area contributed by atoms with E-state index in [1.165, 1.54) is 7.11 Å². The number of amides is 1. The first-order valence-corrected chi connectivity index (χ1v) is 5.65. The summed E-state index contributed by atoms with van der Waals surface area (Å²) in [4.78, 5) is 11.9. The molecule has 0 saturated heterocycles. The summed E-state index contributed by atoms with van der Waals surface area (Å²) in [6.45, 7) is 3.62. The maximum absolute atomic E-state index is 11.7. The molecule has 0 aliphatic rings. The third-order valence-corrected chi connectivity index (χ3v) is 2.50. The monoisotopic (exact) mass is 252 g/mol. The molecule has 0 heterocycles. The third-order valence-electron chi connectivity index (χ3n) is 2.28. The van der Waals surface area contributed by atoms with Crippen LogP contribution < -0.4 is 15.8 Å². The van der Waals surface area contributed by atoms with Gasteiger partial charge in [0.05, 0.1) is 12.8 Å². The average Bonchev–Trinajstić information content (AvgIpc) is 2.28. The summed E-state index contributed by atoms with van der Waals surface area (Å²) in [6.07, 6.45) is 0. The first-order chi connectivity index (χ1) is 7.97. The van der Waals surface area contributed by atoms with E-state index in [1.807, 2.05) is 13.8 Å². The second kappa shape index (κ2) is 5.63. The normalized spacial score (nSPS) is 10.1. The molecule has 92 valence electrons. The van der Waals surface area contributed by atoms with E-state index in [1.54, 1.807) is 18.2 Å². The van der Waals surface area contributed by atoms with Crippen molar-refractivity contribution in [3.05, 3.63) is 23.8 Å². The fourth-order valence-corrected chi connectivity index (χ4v) is 1.47. The van der Waals surface area contributed by atoms with Crippen molar-refractivity contribution in [2.24, 2.45) is 11.7 Å². The minimum absolute atomic E-state index is 0.105. The molecule has 17 heavy (non-hydrogen) atoms. The van der Waals surface area contributed by atoms with Gasteiger partial charge in [-0.1, -0.05) is 32.1 Å². The van der Waals surface area contributed by atoms with E-state index in [4.69, 9.17) is 22.7 Å². The molecular formula is C12H16N2O2S. The van der Waals surface area contributed by atoms with E-state index in [2.05, 4.69) is 5.32 Å². The van der Waals surface area contributed by atoms with E-state index in [-0.39, 0.29) is 16.8 Å². The summed E-state index contributed by atoms with van der Waals surface area (Å²) in [5.41, 5.74) is 6.75. The smallest absolute Gasteiger partial charge is 0.227 e. The van der Waals surface area contributed by atoms with Crippen LogP contribution in [0.1, 0.15) is 19.4 Å². The molecule has 1 aromatic rings. The minimum atomic E-state index is -0.126. The molecule has 0 aromatic heterocycles. The number of methoxy groups -OCH3 is 1. The van der Waals surface area contributed by atoms with Crippen molar-refractivity contribution in [1.82, 2.24) is 0 Å². The highest BCUT2D eigenvalue weighted by Crippen LogP contribution is 2.28. The summed E-state index contributed by atoms with van der Waals surface area (Å²) in [6, 6.07) is 5.27. The number of carbonyl (C=O) groups is 1. The Labute approximate surface area is 106 Å². The molecule has 0 radical (unpaired) electrons. The highest BCUT2D eigenvalue weighted by Gasteiger charge is 2.15. The topological polar surface area (TPSA) is 64.3 Å². The Hall–Kier alpha value is -1.62. The van der Waals surface area contributed by atoms with Crippen molar-refractivity contribution >= 4 is 28.8 Å². The summed E-state index contributed by atoms with van der Waals surface area (Å²) in [5.74, 6) is 0.315. The van der Waals surface area contributed by atoms with Crippen molar-refractivity contribution in [3.63, 3.8) is 0 Å². The number of ether oxygens (including phenoxy) is 1. The number of hydrogen-bond acceptors (Lipinski definition) is 3. The lowest BCUT2D eigenvalue weighted by molar-refractivity contribution is -0.118. The summed E-state index contributed by atoms with van der Waals surface area (Å²) >= 11 is 4.95. The lowest BCUT2D eigenvalue weighted by Gasteiger charge is -2.15. The molecular weight excluding hydrogens is 236 g/mol. The van der Waals surface area contributed by atoms with Gasteiger partial charge < -0.3 is 15.8 Å². The molecule has 1 rings (SSSR count). The maximum atomic E-state index is 11.7. The van der Waals surface area contributed by atoms with Crippen LogP contribution in [0.5, 0.6) is 5.75 Å². The number of para-hydroxylation sites is 1. The summed E-state index contributed by atoms with van der Waals surface area (Å²) < 4.78 is 5.19. The number of carbonyl (C=O) groups excluding carboxylic acids is 1. The SMILES string of the molecule is COc1cccc(C(N)=S)c1NC(=O)C(C)C.